The van der Waals surface area contributed by atoms with Crippen LogP contribution in [-0.2, 0) is 7.05 Å². The maximum absolute atomic E-state index is 12.8. The molecule has 1 amide bonds. The summed E-state index contributed by atoms with van der Waals surface area (Å²) in [5, 5.41) is 4.56. The first kappa shape index (κ1) is 17.9. The first-order valence-electron chi connectivity index (χ1n) is 9.78. The van der Waals surface area contributed by atoms with Crippen LogP contribution in [0.5, 0.6) is 0 Å². The van der Waals surface area contributed by atoms with E-state index in [-0.39, 0.29) is 23.6 Å². The fourth-order valence-electron chi connectivity index (χ4n) is 4.32. The van der Waals surface area contributed by atoms with Crippen molar-refractivity contribution in [1.29, 1.82) is 0 Å². The average Bonchev–Trinajstić information content (AvgIpc) is 3.30. The normalized spacial score (nSPS) is 21.0. The zero-order valence-electron chi connectivity index (χ0n) is 16.0. The third-order valence-corrected chi connectivity index (χ3v) is 5.75. The van der Waals surface area contributed by atoms with E-state index < -0.39 is 0 Å². The van der Waals surface area contributed by atoms with Gasteiger partial charge in [-0.2, -0.15) is 5.10 Å². The molecule has 0 bridgehead atoms. The van der Waals surface area contributed by atoms with E-state index in [9.17, 15) is 9.59 Å². The molecule has 1 aliphatic carbocycles. The van der Waals surface area contributed by atoms with Crippen LogP contribution >= 0.6 is 0 Å². The first-order chi connectivity index (χ1) is 13.0. The summed E-state index contributed by atoms with van der Waals surface area (Å²) in [7, 11) is 1.71. The number of amides is 1. The van der Waals surface area contributed by atoms with Crippen LogP contribution in [0.2, 0.25) is 0 Å². The van der Waals surface area contributed by atoms with E-state index >= 15 is 0 Å². The van der Waals surface area contributed by atoms with E-state index in [0.717, 1.165) is 50.0 Å². The van der Waals surface area contributed by atoms with Gasteiger partial charge in [0.2, 0.25) is 0 Å². The summed E-state index contributed by atoms with van der Waals surface area (Å²) < 4.78 is 3.34. The summed E-state index contributed by atoms with van der Waals surface area (Å²) in [4.78, 5) is 35.7. The van der Waals surface area contributed by atoms with Crippen molar-refractivity contribution in [1.82, 2.24) is 29.2 Å². The Hall–Kier alpha value is -2.51. The molecule has 2 aromatic rings. The molecule has 8 nitrogen and oxygen atoms in total. The Morgan fingerprint density at radius 1 is 1.11 bits per heavy atom. The van der Waals surface area contributed by atoms with Crippen molar-refractivity contribution >= 4 is 5.91 Å². The van der Waals surface area contributed by atoms with Crippen molar-refractivity contribution in [2.45, 2.75) is 57.4 Å². The number of hydrogen-bond acceptors (Lipinski definition) is 5. The third-order valence-electron chi connectivity index (χ3n) is 5.75. The molecular weight excluding hydrogens is 344 g/mol. The summed E-state index contributed by atoms with van der Waals surface area (Å²) in [5.74, 6) is 0.815. The standard InChI is InChI=1S/C19H26N6O2/c1-13-10-21-16(11-20-13)18(26)24-9-5-6-14(12-24)17-22-23(2)19(27)25(17)15-7-3-4-8-15/h10-11,14-15H,3-9,12H2,1-2H3. The van der Waals surface area contributed by atoms with E-state index in [0.29, 0.717) is 18.8 Å². The van der Waals surface area contributed by atoms with Crippen molar-refractivity contribution in [3.63, 3.8) is 0 Å². The van der Waals surface area contributed by atoms with Gasteiger partial charge in [-0.15, -0.1) is 0 Å². The zero-order valence-corrected chi connectivity index (χ0v) is 16.0. The molecule has 144 valence electrons. The van der Waals surface area contributed by atoms with Crippen molar-refractivity contribution in [3.05, 3.63) is 40.1 Å². The van der Waals surface area contributed by atoms with Crippen LogP contribution in [0.25, 0.3) is 0 Å². The lowest BCUT2D eigenvalue weighted by Crippen LogP contribution is -2.40. The van der Waals surface area contributed by atoms with E-state index in [4.69, 9.17) is 0 Å². The van der Waals surface area contributed by atoms with Gasteiger partial charge in [-0.1, -0.05) is 12.8 Å². The molecule has 27 heavy (non-hydrogen) atoms. The Labute approximate surface area is 158 Å². The minimum Gasteiger partial charge on any atom is -0.337 e. The van der Waals surface area contributed by atoms with Gasteiger partial charge >= 0.3 is 5.69 Å². The number of carbonyl (C=O) groups excluding carboxylic acids is 1. The number of piperidine rings is 1. The molecule has 0 spiro atoms. The molecule has 2 aliphatic rings. The fraction of sp³-hybridized carbons (Fsp3) is 0.632. The van der Waals surface area contributed by atoms with E-state index in [2.05, 4.69) is 15.1 Å². The lowest BCUT2D eigenvalue weighted by atomic mass is 9.96. The highest BCUT2D eigenvalue weighted by atomic mass is 16.2. The van der Waals surface area contributed by atoms with Gasteiger partial charge in [0.25, 0.3) is 5.91 Å². The molecule has 2 aromatic heterocycles. The molecule has 3 heterocycles. The summed E-state index contributed by atoms with van der Waals surface area (Å²) >= 11 is 0. The Balaban J connectivity index is 1.58. The van der Waals surface area contributed by atoms with Crippen LogP contribution in [0.1, 0.15) is 72.5 Å². The molecular formula is C19H26N6O2. The van der Waals surface area contributed by atoms with Crippen molar-refractivity contribution in [2.75, 3.05) is 13.1 Å². The number of nitrogens with zero attached hydrogens (tertiary/aromatic N) is 6. The van der Waals surface area contributed by atoms with Gasteiger partial charge in [-0.05, 0) is 32.6 Å². The molecule has 1 saturated carbocycles. The average molecular weight is 370 g/mol. The van der Waals surface area contributed by atoms with Crippen LogP contribution in [0.4, 0.5) is 0 Å². The Kier molecular flexibility index (Phi) is 4.80. The van der Waals surface area contributed by atoms with Gasteiger partial charge in [-0.3, -0.25) is 14.3 Å². The summed E-state index contributed by atoms with van der Waals surface area (Å²) in [6.45, 7) is 3.12. The van der Waals surface area contributed by atoms with Crippen LogP contribution in [-0.4, -0.2) is 48.2 Å². The van der Waals surface area contributed by atoms with Gasteiger partial charge < -0.3 is 4.90 Å². The molecule has 4 rings (SSSR count). The van der Waals surface area contributed by atoms with Gasteiger partial charge in [-0.25, -0.2) is 14.5 Å². The smallest absolute Gasteiger partial charge is 0.337 e. The molecule has 0 N–H and O–H groups in total. The van der Waals surface area contributed by atoms with Crippen molar-refractivity contribution < 1.29 is 4.79 Å². The Morgan fingerprint density at radius 3 is 2.59 bits per heavy atom. The topological polar surface area (TPSA) is 85.9 Å². The zero-order chi connectivity index (χ0) is 19.0. The largest absolute Gasteiger partial charge is 0.345 e. The molecule has 0 radical (unpaired) electrons. The Morgan fingerprint density at radius 2 is 1.89 bits per heavy atom. The van der Waals surface area contributed by atoms with E-state index in [1.54, 1.807) is 13.2 Å². The minimum absolute atomic E-state index is 0.0373. The lowest BCUT2D eigenvalue weighted by molar-refractivity contribution is 0.0696. The molecule has 2 fully saturated rings. The Bertz CT molecular complexity index is 879. The molecule has 8 heteroatoms. The monoisotopic (exact) mass is 370 g/mol. The number of aryl methyl sites for hydroxylation is 2. The summed E-state index contributed by atoms with van der Waals surface area (Å²) in [6, 6.07) is 0.246. The number of rotatable bonds is 3. The van der Waals surface area contributed by atoms with Crippen LogP contribution in [0, 0.1) is 6.92 Å². The predicted octanol–water partition coefficient (Wildman–Crippen LogP) is 1.82. The van der Waals surface area contributed by atoms with Gasteiger partial charge in [0.15, 0.2) is 0 Å². The number of likely N-dealkylation sites (tertiary alicyclic amines) is 1. The molecule has 1 saturated heterocycles. The van der Waals surface area contributed by atoms with Gasteiger partial charge in [0.05, 0.1) is 11.9 Å². The lowest BCUT2D eigenvalue weighted by Gasteiger charge is -2.32. The van der Waals surface area contributed by atoms with Crippen molar-refractivity contribution in [3.8, 4) is 0 Å². The van der Waals surface area contributed by atoms with E-state index in [1.165, 1.54) is 10.9 Å². The third kappa shape index (κ3) is 3.40. The first-order valence-corrected chi connectivity index (χ1v) is 9.78. The number of carbonyl (C=O) groups is 1. The fourth-order valence-corrected chi connectivity index (χ4v) is 4.32. The molecule has 1 atom stereocenters. The highest BCUT2D eigenvalue weighted by Crippen LogP contribution is 2.33. The van der Waals surface area contributed by atoms with Gasteiger partial charge in [0, 0.05) is 38.3 Å². The second-order valence-electron chi connectivity index (χ2n) is 7.71. The maximum Gasteiger partial charge on any atom is 0.345 e. The number of aromatic nitrogens is 5. The maximum atomic E-state index is 12.8. The quantitative estimate of drug-likeness (QED) is 0.823. The van der Waals surface area contributed by atoms with Crippen LogP contribution < -0.4 is 5.69 Å². The highest BCUT2D eigenvalue weighted by Gasteiger charge is 2.32. The van der Waals surface area contributed by atoms with Gasteiger partial charge in [0.1, 0.15) is 11.5 Å². The second kappa shape index (κ2) is 7.25. The molecule has 0 aromatic carbocycles. The minimum atomic E-state index is -0.0992. The predicted molar refractivity (Wildman–Crippen MR) is 99.6 cm³/mol. The van der Waals surface area contributed by atoms with Crippen molar-refractivity contribution in [2.24, 2.45) is 7.05 Å². The van der Waals surface area contributed by atoms with Crippen LogP contribution in [0.15, 0.2) is 17.2 Å². The molecule has 1 aliphatic heterocycles. The van der Waals surface area contributed by atoms with E-state index in [1.807, 2.05) is 16.4 Å². The summed E-state index contributed by atoms with van der Waals surface area (Å²) in [5.41, 5.74) is 1.12. The number of hydrogen-bond donors (Lipinski definition) is 0. The highest BCUT2D eigenvalue weighted by molar-refractivity contribution is 5.92. The summed E-state index contributed by atoms with van der Waals surface area (Å²) in [6.07, 6.45) is 9.37. The molecule has 1 unspecified atom stereocenters. The van der Waals surface area contributed by atoms with Crippen LogP contribution in [0.3, 0.4) is 0 Å². The SMILES string of the molecule is Cc1cnc(C(=O)N2CCCC(c3nn(C)c(=O)n3C3CCCC3)C2)cn1. The second-order valence-corrected chi connectivity index (χ2v) is 7.71.